The number of rotatable bonds is 5. The lowest BCUT2D eigenvalue weighted by molar-refractivity contribution is 0.0709. The number of nitrogens with two attached hydrogens (primary N) is 1. The molecule has 6 rings (SSSR count). The van der Waals surface area contributed by atoms with Gasteiger partial charge in [0.2, 0.25) is 0 Å². The molecule has 1 aliphatic rings. The van der Waals surface area contributed by atoms with Crippen molar-refractivity contribution in [2.45, 2.75) is 32.4 Å². The molecular formula is C30H30FN5O2. The van der Waals surface area contributed by atoms with Gasteiger partial charge in [-0.3, -0.25) is 4.79 Å². The highest BCUT2D eigenvalue weighted by Crippen LogP contribution is 2.32. The predicted octanol–water partition coefficient (Wildman–Crippen LogP) is 5.02. The summed E-state index contributed by atoms with van der Waals surface area (Å²) in [5.41, 5.74) is 12.2. The van der Waals surface area contributed by atoms with Gasteiger partial charge in [-0.1, -0.05) is 24.3 Å². The van der Waals surface area contributed by atoms with E-state index in [4.69, 9.17) is 15.5 Å². The fraction of sp³-hybridized carbons (Fsp3) is 0.267. The maximum absolute atomic E-state index is 14.1. The highest BCUT2D eigenvalue weighted by atomic mass is 19.1. The summed E-state index contributed by atoms with van der Waals surface area (Å²) in [4.78, 5) is 20.0. The van der Waals surface area contributed by atoms with Crippen molar-refractivity contribution in [3.05, 3.63) is 89.5 Å². The van der Waals surface area contributed by atoms with Gasteiger partial charge in [0.15, 0.2) is 11.6 Å². The summed E-state index contributed by atoms with van der Waals surface area (Å²) in [5, 5.41) is 1.09. The first-order valence-electron chi connectivity index (χ1n) is 12.9. The van der Waals surface area contributed by atoms with Crippen LogP contribution in [0.1, 0.15) is 34.5 Å². The van der Waals surface area contributed by atoms with Crippen LogP contribution in [0.15, 0.2) is 66.9 Å². The van der Waals surface area contributed by atoms with E-state index in [1.165, 1.54) is 13.2 Å². The fourth-order valence-electron chi connectivity index (χ4n) is 5.48. The molecule has 2 N–H and O–H groups in total. The van der Waals surface area contributed by atoms with Gasteiger partial charge in [0.1, 0.15) is 11.3 Å². The average Bonchev–Trinajstić information content (AvgIpc) is 3.46. The number of carbonyl (C=O) groups is 1. The van der Waals surface area contributed by atoms with Gasteiger partial charge >= 0.3 is 0 Å². The first-order valence-corrected chi connectivity index (χ1v) is 12.9. The molecule has 1 amide bonds. The Morgan fingerprint density at radius 2 is 2.00 bits per heavy atom. The molecule has 7 nitrogen and oxygen atoms in total. The Morgan fingerprint density at radius 3 is 2.82 bits per heavy atom. The molecule has 0 spiro atoms. The number of para-hydroxylation sites is 1. The minimum absolute atomic E-state index is 0.00998. The maximum atomic E-state index is 14.1. The summed E-state index contributed by atoms with van der Waals surface area (Å²) in [5.74, 6) is -0.178. The number of amides is 1. The van der Waals surface area contributed by atoms with Gasteiger partial charge in [0.25, 0.3) is 5.91 Å². The van der Waals surface area contributed by atoms with Crippen LogP contribution in [0, 0.1) is 12.7 Å². The van der Waals surface area contributed by atoms with Gasteiger partial charge in [0, 0.05) is 54.0 Å². The fourth-order valence-corrected chi connectivity index (χ4v) is 5.48. The number of methoxy groups -OCH3 is 1. The van der Waals surface area contributed by atoms with Crippen molar-refractivity contribution in [1.82, 2.24) is 18.9 Å². The summed E-state index contributed by atoms with van der Waals surface area (Å²) >= 11 is 0. The molecule has 3 aromatic heterocycles. The number of pyridine rings is 1. The minimum Gasteiger partial charge on any atom is -0.494 e. The highest BCUT2D eigenvalue weighted by Gasteiger charge is 2.24. The van der Waals surface area contributed by atoms with E-state index in [1.54, 1.807) is 12.1 Å². The van der Waals surface area contributed by atoms with Crippen LogP contribution in [0.4, 0.5) is 4.39 Å². The highest BCUT2D eigenvalue weighted by molar-refractivity contribution is 5.95. The molecule has 0 aliphatic carbocycles. The number of fused-ring (bicyclic) bond motifs is 2. The summed E-state index contributed by atoms with van der Waals surface area (Å²) in [7, 11) is 1.47. The van der Waals surface area contributed by atoms with Crippen LogP contribution in [-0.2, 0) is 6.54 Å². The zero-order valence-corrected chi connectivity index (χ0v) is 21.5. The van der Waals surface area contributed by atoms with E-state index >= 15 is 0 Å². The molecule has 1 atom stereocenters. The molecule has 1 aliphatic heterocycles. The molecule has 1 fully saturated rings. The molecule has 2 aromatic carbocycles. The number of aryl methyl sites for hydroxylation is 1. The van der Waals surface area contributed by atoms with Crippen LogP contribution in [0.25, 0.3) is 27.9 Å². The van der Waals surface area contributed by atoms with E-state index in [9.17, 15) is 9.18 Å². The van der Waals surface area contributed by atoms with Gasteiger partial charge in [-0.15, -0.1) is 0 Å². The Morgan fingerprint density at radius 1 is 1.16 bits per heavy atom. The molecule has 194 valence electrons. The van der Waals surface area contributed by atoms with Gasteiger partial charge in [-0.25, -0.2) is 9.37 Å². The van der Waals surface area contributed by atoms with Crippen LogP contribution in [0.2, 0.25) is 0 Å². The largest absolute Gasteiger partial charge is 0.494 e. The standard InChI is InChI=1S/C30H30FN5O2/c1-19-29(33-28-16-22(11-13-35(19)28)30(37)34-12-5-7-23(32)18-34)26-15-21-6-3-4-8-25(21)36(26)17-20-9-10-24(31)27(14-20)38-2/h3-4,6,8-11,13-16,23H,5,7,12,17-18,32H2,1-2H3. The van der Waals surface area contributed by atoms with Crippen molar-refractivity contribution in [3.63, 3.8) is 0 Å². The number of imidazole rings is 1. The number of likely N-dealkylation sites (tertiary alicyclic amines) is 1. The van der Waals surface area contributed by atoms with E-state index < -0.39 is 0 Å². The number of halogens is 1. The van der Waals surface area contributed by atoms with Crippen LogP contribution < -0.4 is 10.5 Å². The number of carbonyl (C=O) groups excluding carboxylic acids is 1. The third-order valence-corrected chi connectivity index (χ3v) is 7.47. The molecule has 0 saturated carbocycles. The van der Waals surface area contributed by atoms with Crippen LogP contribution in [0.5, 0.6) is 5.75 Å². The number of hydrogen-bond donors (Lipinski definition) is 1. The van der Waals surface area contributed by atoms with E-state index in [0.29, 0.717) is 24.3 Å². The monoisotopic (exact) mass is 511 g/mol. The second kappa shape index (κ2) is 9.61. The molecular weight excluding hydrogens is 481 g/mol. The Balaban J connectivity index is 1.42. The van der Waals surface area contributed by atoms with Crippen LogP contribution >= 0.6 is 0 Å². The van der Waals surface area contributed by atoms with Crippen LogP contribution in [0.3, 0.4) is 0 Å². The summed E-state index contributed by atoms with van der Waals surface area (Å²) < 4.78 is 23.5. The van der Waals surface area contributed by atoms with Gasteiger partial charge in [-0.05, 0) is 61.7 Å². The quantitative estimate of drug-likeness (QED) is 0.359. The minimum atomic E-state index is -0.387. The lowest BCUT2D eigenvalue weighted by atomic mass is 10.1. The number of benzene rings is 2. The second-order valence-electron chi connectivity index (χ2n) is 9.99. The lowest BCUT2D eigenvalue weighted by Crippen LogP contribution is -2.45. The molecule has 1 saturated heterocycles. The van der Waals surface area contributed by atoms with Crippen molar-refractivity contribution >= 4 is 22.5 Å². The Bertz CT molecular complexity index is 1670. The van der Waals surface area contributed by atoms with E-state index in [2.05, 4.69) is 22.8 Å². The number of hydrogen-bond acceptors (Lipinski definition) is 4. The van der Waals surface area contributed by atoms with E-state index in [-0.39, 0.29) is 23.5 Å². The van der Waals surface area contributed by atoms with Crippen molar-refractivity contribution in [2.75, 3.05) is 20.2 Å². The SMILES string of the molecule is COc1cc(Cn2c(-c3nc4cc(C(=O)N5CCCC(N)C5)ccn4c3C)cc3ccccc32)ccc1F. The first-order chi connectivity index (χ1) is 18.4. The number of aromatic nitrogens is 3. The Labute approximate surface area is 220 Å². The van der Waals surface area contributed by atoms with Crippen molar-refractivity contribution in [3.8, 4) is 17.1 Å². The normalized spacial score (nSPS) is 15.9. The van der Waals surface area contributed by atoms with Crippen LogP contribution in [-0.4, -0.2) is 51.0 Å². The van der Waals surface area contributed by atoms with E-state index in [0.717, 1.165) is 52.9 Å². The van der Waals surface area contributed by atoms with Gasteiger partial charge in [-0.2, -0.15) is 0 Å². The third-order valence-electron chi connectivity index (χ3n) is 7.47. The second-order valence-corrected chi connectivity index (χ2v) is 9.99. The van der Waals surface area contributed by atoms with Crippen molar-refractivity contribution in [1.29, 1.82) is 0 Å². The van der Waals surface area contributed by atoms with Crippen molar-refractivity contribution in [2.24, 2.45) is 5.73 Å². The average molecular weight is 512 g/mol. The molecule has 4 heterocycles. The third kappa shape index (κ3) is 4.20. The summed E-state index contributed by atoms with van der Waals surface area (Å²) in [6.07, 6.45) is 3.78. The smallest absolute Gasteiger partial charge is 0.254 e. The number of ether oxygens (including phenoxy) is 1. The molecule has 5 aromatic rings. The summed E-state index contributed by atoms with van der Waals surface area (Å²) in [6.45, 7) is 3.86. The Kier molecular flexibility index (Phi) is 6.12. The molecule has 8 heteroatoms. The molecule has 1 unspecified atom stereocenters. The molecule has 38 heavy (non-hydrogen) atoms. The predicted molar refractivity (Wildman–Crippen MR) is 146 cm³/mol. The summed E-state index contributed by atoms with van der Waals surface area (Å²) in [6, 6.07) is 19.0. The molecule has 0 bridgehead atoms. The molecule has 0 radical (unpaired) electrons. The number of piperidine rings is 1. The zero-order chi connectivity index (χ0) is 26.4. The zero-order valence-electron chi connectivity index (χ0n) is 21.5. The Hall–Kier alpha value is -4.17. The topological polar surface area (TPSA) is 77.8 Å². The maximum Gasteiger partial charge on any atom is 0.254 e. The number of nitrogens with zero attached hydrogens (tertiary/aromatic N) is 4. The van der Waals surface area contributed by atoms with E-state index in [1.807, 2.05) is 46.7 Å². The van der Waals surface area contributed by atoms with Gasteiger partial charge in [0.05, 0.1) is 12.8 Å². The van der Waals surface area contributed by atoms with Crippen molar-refractivity contribution < 1.29 is 13.9 Å². The lowest BCUT2D eigenvalue weighted by Gasteiger charge is -2.30. The van der Waals surface area contributed by atoms with Gasteiger partial charge < -0.3 is 24.3 Å². The first kappa shape index (κ1) is 24.2.